The van der Waals surface area contributed by atoms with Crippen molar-refractivity contribution in [3.63, 3.8) is 0 Å². The van der Waals surface area contributed by atoms with Crippen LogP contribution in [0.3, 0.4) is 0 Å². The van der Waals surface area contributed by atoms with E-state index in [1.165, 1.54) is 0 Å². The molecule has 3 aromatic carbocycles. The van der Waals surface area contributed by atoms with Crippen LogP contribution in [0.15, 0.2) is 79.3 Å². The van der Waals surface area contributed by atoms with E-state index in [0.717, 1.165) is 79.0 Å². The Bertz CT molecular complexity index is 2800. The smallest absolute Gasteiger partial charge is 0.251 e. The molecule has 19 nitrogen and oxygen atoms in total. The molecule has 376 valence electrons. The van der Waals surface area contributed by atoms with Gasteiger partial charge in [-0.1, -0.05) is 38.0 Å². The molecule has 71 heavy (non-hydrogen) atoms. The lowest BCUT2D eigenvalue weighted by Gasteiger charge is -2.43. The molecule has 8 rings (SSSR count). The minimum absolute atomic E-state index is 0.0647. The zero-order valence-corrected chi connectivity index (χ0v) is 41.9. The van der Waals surface area contributed by atoms with Crippen LogP contribution in [0.4, 0.5) is 46.2 Å². The molecular weight excluding hydrogens is 903 g/mol. The molecule has 0 bridgehead atoms. The number of fused-ring (bicyclic) bond motifs is 2. The van der Waals surface area contributed by atoms with Crippen LogP contribution in [-0.2, 0) is 21.3 Å². The second kappa shape index (κ2) is 23.1. The summed E-state index contributed by atoms with van der Waals surface area (Å²) in [5, 5.41) is 10.6. The number of carbonyl (C=O) groups excluding carboxylic acids is 2. The summed E-state index contributed by atoms with van der Waals surface area (Å²) >= 11 is 0. The van der Waals surface area contributed by atoms with Crippen molar-refractivity contribution in [3.8, 4) is 22.8 Å². The molecule has 0 spiro atoms. The second-order valence-corrected chi connectivity index (χ2v) is 18.0. The van der Waals surface area contributed by atoms with Crippen molar-refractivity contribution >= 4 is 68.9 Å². The predicted octanol–water partition coefficient (Wildman–Crippen LogP) is 6.85. The van der Waals surface area contributed by atoms with E-state index in [1.54, 1.807) is 56.8 Å². The van der Waals surface area contributed by atoms with Gasteiger partial charge in [0.05, 0.1) is 75.3 Å². The number of nitrogen functional groups attached to an aromatic ring is 1. The SMILES string of the molecule is CCC1C(=O)N(C)c2cnc(Nc3ccc(C(=O)NCCOCCOCCN(C)CCN(C)c4cc(OC)c(Nc5nccc(-c6cn(C)c7ccccc67)n5)cc4N)cc3OC)nc2N1C1CCCC1. The lowest BCUT2D eigenvalue weighted by atomic mass is 10.0. The number of aryl methyl sites for hydroxylation is 1. The number of para-hydroxylation sites is 1. The number of benzene rings is 3. The fraction of sp³-hybridized carbons (Fsp3) is 0.423. The van der Waals surface area contributed by atoms with E-state index in [2.05, 4.69) is 70.6 Å². The Balaban J connectivity index is 0.731. The normalized spacial score (nSPS) is 14.8. The maximum absolute atomic E-state index is 13.3. The molecule has 6 aromatic rings. The van der Waals surface area contributed by atoms with Crippen LogP contribution in [0, 0.1) is 0 Å². The third kappa shape index (κ3) is 11.5. The molecule has 1 atom stereocenters. The van der Waals surface area contributed by atoms with E-state index >= 15 is 0 Å². The molecule has 3 aromatic heterocycles. The third-order valence-corrected chi connectivity index (χ3v) is 13.3. The quantitative estimate of drug-likeness (QED) is 0.0383. The van der Waals surface area contributed by atoms with Crippen LogP contribution in [0.1, 0.15) is 49.4 Å². The number of likely N-dealkylation sites (N-methyl/N-ethyl adjacent to an activating group) is 3. The van der Waals surface area contributed by atoms with Crippen LogP contribution in [0.25, 0.3) is 22.2 Å². The number of carbonyl (C=O) groups is 2. The number of methoxy groups -OCH3 is 2. The van der Waals surface area contributed by atoms with Gasteiger partial charge in [0.2, 0.25) is 17.8 Å². The van der Waals surface area contributed by atoms with Gasteiger partial charge in [-0.25, -0.2) is 15.0 Å². The monoisotopic (exact) mass is 970 g/mol. The lowest BCUT2D eigenvalue weighted by Crippen LogP contribution is -2.55. The van der Waals surface area contributed by atoms with Crippen LogP contribution < -0.4 is 45.9 Å². The number of rotatable bonds is 23. The van der Waals surface area contributed by atoms with Crippen molar-refractivity contribution < 1.29 is 28.5 Å². The Morgan fingerprint density at radius 3 is 2.35 bits per heavy atom. The van der Waals surface area contributed by atoms with Gasteiger partial charge in [0.25, 0.3) is 5.91 Å². The summed E-state index contributed by atoms with van der Waals surface area (Å²) in [6.45, 7) is 6.33. The molecule has 4 heterocycles. The zero-order chi connectivity index (χ0) is 50.0. The third-order valence-electron chi connectivity index (χ3n) is 13.3. The van der Waals surface area contributed by atoms with Gasteiger partial charge >= 0.3 is 0 Å². The largest absolute Gasteiger partial charge is 0.495 e. The Kier molecular flexibility index (Phi) is 16.3. The minimum Gasteiger partial charge on any atom is -0.495 e. The number of nitrogens with two attached hydrogens (primary N) is 1. The molecule has 5 N–H and O–H groups in total. The van der Waals surface area contributed by atoms with Gasteiger partial charge in [-0.3, -0.25) is 9.59 Å². The summed E-state index contributed by atoms with van der Waals surface area (Å²) in [5.74, 6) is 2.47. The first-order valence-electron chi connectivity index (χ1n) is 24.3. The summed E-state index contributed by atoms with van der Waals surface area (Å²) in [4.78, 5) is 53.3. The summed E-state index contributed by atoms with van der Waals surface area (Å²) in [5.41, 5.74) is 13.4. The van der Waals surface area contributed by atoms with E-state index in [4.69, 9.17) is 34.6 Å². The number of nitrogens with zero attached hydrogens (tertiary/aromatic N) is 9. The average molecular weight is 970 g/mol. The Morgan fingerprint density at radius 1 is 0.845 bits per heavy atom. The molecule has 0 saturated heterocycles. The molecule has 1 saturated carbocycles. The van der Waals surface area contributed by atoms with Crippen molar-refractivity contribution in [3.05, 3.63) is 84.8 Å². The molecule has 1 unspecified atom stereocenters. The maximum atomic E-state index is 13.3. The molecule has 2 aliphatic rings. The van der Waals surface area contributed by atoms with Gasteiger partial charge in [-0.15, -0.1) is 0 Å². The van der Waals surface area contributed by atoms with E-state index in [9.17, 15) is 9.59 Å². The summed E-state index contributed by atoms with van der Waals surface area (Å²) in [6.07, 6.45) is 10.6. The summed E-state index contributed by atoms with van der Waals surface area (Å²) < 4.78 is 25.1. The molecule has 19 heteroatoms. The Hall–Kier alpha value is -7.22. The van der Waals surface area contributed by atoms with Crippen molar-refractivity contribution in [2.45, 2.75) is 51.1 Å². The van der Waals surface area contributed by atoms with Crippen molar-refractivity contribution in [1.82, 2.24) is 34.7 Å². The van der Waals surface area contributed by atoms with Crippen LogP contribution >= 0.6 is 0 Å². The van der Waals surface area contributed by atoms with Crippen molar-refractivity contribution in [2.24, 2.45) is 7.05 Å². The first-order valence-corrected chi connectivity index (χ1v) is 24.3. The molecule has 0 radical (unpaired) electrons. The highest BCUT2D eigenvalue weighted by Gasteiger charge is 2.41. The fourth-order valence-corrected chi connectivity index (χ4v) is 9.35. The molecule has 1 fully saturated rings. The topological polar surface area (TPSA) is 203 Å². The minimum atomic E-state index is -0.267. The Labute approximate surface area is 415 Å². The highest BCUT2D eigenvalue weighted by Crippen LogP contribution is 2.41. The first kappa shape index (κ1) is 50.2. The van der Waals surface area contributed by atoms with Crippen LogP contribution in [0.2, 0.25) is 0 Å². The summed E-state index contributed by atoms with van der Waals surface area (Å²) in [7, 11) is 11.1. The maximum Gasteiger partial charge on any atom is 0.251 e. The number of aromatic nitrogens is 5. The molecule has 1 aliphatic heterocycles. The van der Waals surface area contributed by atoms with Crippen LogP contribution in [-0.4, -0.2) is 141 Å². The molecule has 1 aliphatic carbocycles. The van der Waals surface area contributed by atoms with Gasteiger partial charge in [-0.2, -0.15) is 4.98 Å². The van der Waals surface area contributed by atoms with E-state index in [1.807, 2.05) is 51.4 Å². The van der Waals surface area contributed by atoms with Gasteiger partial charge in [0, 0.05) is 93.9 Å². The number of hydrogen-bond donors (Lipinski definition) is 4. The van der Waals surface area contributed by atoms with Gasteiger partial charge in [-0.05, 0) is 62.7 Å². The van der Waals surface area contributed by atoms with Crippen LogP contribution in [0.5, 0.6) is 11.5 Å². The van der Waals surface area contributed by atoms with Gasteiger partial charge in [0.1, 0.15) is 23.2 Å². The fourth-order valence-electron chi connectivity index (χ4n) is 9.35. The van der Waals surface area contributed by atoms with Crippen molar-refractivity contribution in [2.75, 3.05) is 119 Å². The molecule has 2 amide bonds. The number of amides is 2. The average Bonchev–Trinajstić information content (AvgIpc) is 4.04. The number of ether oxygens (including phenoxy) is 4. The highest BCUT2D eigenvalue weighted by molar-refractivity contribution is 6.04. The lowest BCUT2D eigenvalue weighted by molar-refractivity contribution is -0.120. The van der Waals surface area contributed by atoms with E-state index < -0.39 is 0 Å². The second-order valence-electron chi connectivity index (χ2n) is 18.0. The predicted molar refractivity (Wildman–Crippen MR) is 280 cm³/mol. The van der Waals surface area contributed by atoms with Gasteiger partial charge < -0.3 is 64.8 Å². The standard InChI is InChI=1S/C52H67N13O6/c1-8-42-50(67)64(5)45-32-56-52(60-48(45)65(42)35-13-9-10-14-35)58-40-18-17-34(29-46(40)68-6)49(66)54-21-25-70-27-28-71-26-24-61(2)22-23-62(3)44-31-47(69-7)41(30-38(44)53)59-51-55-20-19-39(57-51)37-33-63(4)43-16-12-11-15-36(37)43/h11-12,15-20,29-33,35,42H,8-10,13-14,21-28,53H2,1-7H3,(H,54,66)(H,55,57,59)(H,56,58,60). The Morgan fingerprint density at radius 2 is 1.58 bits per heavy atom. The van der Waals surface area contributed by atoms with Gasteiger partial charge in [0.15, 0.2) is 5.82 Å². The number of hydrogen-bond acceptors (Lipinski definition) is 16. The highest BCUT2D eigenvalue weighted by atomic mass is 16.5. The number of anilines is 8. The molecular formula is C52H67N13O6. The van der Waals surface area contributed by atoms with E-state index in [0.29, 0.717) is 91.1 Å². The van der Waals surface area contributed by atoms with Crippen molar-refractivity contribution in [1.29, 1.82) is 0 Å². The summed E-state index contributed by atoms with van der Waals surface area (Å²) in [6, 6.07) is 19.1. The van der Waals surface area contributed by atoms with E-state index in [-0.39, 0.29) is 23.9 Å². The first-order chi connectivity index (χ1) is 34.5. The number of nitrogens with one attached hydrogen (secondary N) is 3. The zero-order valence-electron chi connectivity index (χ0n) is 41.9.